The SMILES string of the molecule is O=S(CCO)CCc1ccccc1Cl. The first kappa shape index (κ1) is 11.7. The fourth-order valence-electron chi connectivity index (χ4n) is 1.13. The Morgan fingerprint density at radius 3 is 2.64 bits per heavy atom. The number of aliphatic hydroxyl groups excluding tert-OH is 1. The Balaban J connectivity index is 2.46. The van der Waals surface area contributed by atoms with Crippen LogP contribution in [0.25, 0.3) is 0 Å². The third kappa shape index (κ3) is 3.78. The van der Waals surface area contributed by atoms with Crippen LogP contribution in [0, 0.1) is 0 Å². The number of benzene rings is 1. The van der Waals surface area contributed by atoms with Crippen molar-refractivity contribution in [1.82, 2.24) is 0 Å². The van der Waals surface area contributed by atoms with Gasteiger partial charge in [-0.2, -0.15) is 0 Å². The minimum atomic E-state index is -0.937. The summed E-state index contributed by atoms with van der Waals surface area (Å²) in [6.07, 6.45) is 0.701. The van der Waals surface area contributed by atoms with Gasteiger partial charge in [-0.15, -0.1) is 0 Å². The van der Waals surface area contributed by atoms with Crippen molar-refractivity contribution >= 4 is 22.4 Å². The topological polar surface area (TPSA) is 37.3 Å². The summed E-state index contributed by atoms with van der Waals surface area (Å²) in [5.74, 6) is 0.911. The van der Waals surface area contributed by atoms with Gasteiger partial charge in [-0.3, -0.25) is 4.21 Å². The first-order valence-electron chi connectivity index (χ1n) is 4.43. The second-order valence-corrected chi connectivity index (χ2v) is 5.02. The molecule has 0 radical (unpaired) electrons. The van der Waals surface area contributed by atoms with Gasteiger partial charge in [-0.25, -0.2) is 0 Å². The molecule has 0 spiro atoms. The van der Waals surface area contributed by atoms with E-state index in [1.165, 1.54) is 0 Å². The van der Waals surface area contributed by atoms with E-state index in [1.54, 1.807) is 0 Å². The summed E-state index contributed by atoms with van der Waals surface area (Å²) in [4.78, 5) is 0. The van der Waals surface area contributed by atoms with Crippen molar-refractivity contribution in [1.29, 1.82) is 0 Å². The van der Waals surface area contributed by atoms with E-state index in [9.17, 15) is 4.21 Å². The zero-order valence-electron chi connectivity index (χ0n) is 7.78. The van der Waals surface area contributed by atoms with Crippen molar-refractivity contribution in [3.05, 3.63) is 34.9 Å². The van der Waals surface area contributed by atoms with Crippen LogP contribution in [-0.4, -0.2) is 27.4 Å². The maximum atomic E-state index is 11.2. The maximum absolute atomic E-state index is 11.2. The van der Waals surface area contributed by atoms with Crippen molar-refractivity contribution < 1.29 is 9.32 Å². The zero-order chi connectivity index (χ0) is 10.4. The third-order valence-corrected chi connectivity index (χ3v) is 3.54. The molecule has 1 rings (SSSR count). The normalized spacial score (nSPS) is 12.7. The molecular weight excluding hydrogens is 220 g/mol. The molecule has 0 saturated carbocycles. The molecule has 0 fully saturated rings. The van der Waals surface area contributed by atoms with Gasteiger partial charge in [0.2, 0.25) is 0 Å². The molecule has 2 nitrogen and oxygen atoms in total. The van der Waals surface area contributed by atoms with E-state index in [4.69, 9.17) is 16.7 Å². The highest BCUT2D eigenvalue weighted by molar-refractivity contribution is 7.84. The van der Waals surface area contributed by atoms with Crippen molar-refractivity contribution in [2.75, 3.05) is 18.1 Å². The molecule has 78 valence electrons. The molecule has 14 heavy (non-hydrogen) atoms. The van der Waals surface area contributed by atoms with Gasteiger partial charge in [0.05, 0.1) is 6.61 Å². The molecular formula is C10H13ClO2S. The summed E-state index contributed by atoms with van der Waals surface area (Å²) >= 11 is 5.94. The molecule has 0 aliphatic heterocycles. The van der Waals surface area contributed by atoms with Gasteiger partial charge >= 0.3 is 0 Å². The Bertz CT molecular complexity index is 315. The number of rotatable bonds is 5. The Morgan fingerprint density at radius 2 is 2.00 bits per heavy atom. The highest BCUT2D eigenvalue weighted by Crippen LogP contribution is 2.15. The van der Waals surface area contributed by atoms with Crippen molar-refractivity contribution in [2.45, 2.75) is 6.42 Å². The van der Waals surface area contributed by atoms with Gasteiger partial charge in [0.15, 0.2) is 0 Å². The second kappa shape index (κ2) is 6.17. The van der Waals surface area contributed by atoms with E-state index < -0.39 is 10.8 Å². The van der Waals surface area contributed by atoms with E-state index in [2.05, 4.69) is 0 Å². The average molecular weight is 233 g/mol. The smallest absolute Gasteiger partial charge is 0.0546 e. The van der Waals surface area contributed by atoms with Crippen LogP contribution in [0.5, 0.6) is 0 Å². The Hall–Kier alpha value is -0.380. The van der Waals surface area contributed by atoms with Crippen molar-refractivity contribution in [2.24, 2.45) is 0 Å². The highest BCUT2D eigenvalue weighted by atomic mass is 35.5. The summed E-state index contributed by atoms with van der Waals surface area (Å²) in [5.41, 5.74) is 1.01. The Labute approximate surface area is 91.4 Å². The van der Waals surface area contributed by atoms with E-state index in [0.29, 0.717) is 22.9 Å². The molecule has 0 amide bonds. The Kier molecular flexibility index (Phi) is 5.15. The molecule has 1 atom stereocenters. The van der Waals surface area contributed by atoms with Crippen LogP contribution in [0.4, 0.5) is 0 Å². The lowest BCUT2D eigenvalue weighted by atomic mass is 10.2. The van der Waals surface area contributed by atoms with Crippen molar-refractivity contribution in [3.63, 3.8) is 0 Å². The van der Waals surface area contributed by atoms with Crippen LogP contribution >= 0.6 is 11.6 Å². The largest absolute Gasteiger partial charge is 0.395 e. The fourth-order valence-corrected chi connectivity index (χ4v) is 2.21. The molecule has 0 saturated heterocycles. The van der Waals surface area contributed by atoms with Gasteiger partial charge in [-0.05, 0) is 18.1 Å². The summed E-state index contributed by atoms with van der Waals surface area (Å²) in [6, 6.07) is 7.54. The average Bonchev–Trinajstić information content (AvgIpc) is 2.17. The van der Waals surface area contributed by atoms with Crippen LogP contribution in [-0.2, 0) is 17.2 Å². The minimum Gasteiger partial charge on any atom is -0.395 e. The standard InChI is InChI=1S/C10H13ClO2S/c11-10-4-2-1-3-9(10)5-7-14(13)8-6-12/h1-4,12H,5-8H2. The molecule has 4 heteroatoms. The lowest BCUT2D eigenvalue weighted by Gasteiger charge is -2.03. The maximum Gasteiger partial charge on any atom is 0.0546 e. The molecule has 0 aliphatic rings. The molecule has 0 aliphatic carbocycles. The lowest BCUT2D eigenvalue weighted by Crippen LogP contribution is -2.08. The number of aliphatic hydroxyl groups is 1. The Morgan fingerprint density at radius 1 is 1.29 bits per heavy atom. The predicted octanol–water partition coefficient (Wildman–Crippen LogP) is 1.62. The van der Waals surface area contributed by atoms with Crippen molar-refractivity contribution in [3.8, 4) is 0 Å². The molecule has 1 aromatic rings. The minimum absolute atomic E-state index is 0.0187. The van der Waals surface area contributed by atoms with Crippen LogP contribution in [0.3, 0.4) is 0 Å². The summed E-state index contributed by atoms with van der Waals surface area (Å²) < 4.78 is 11.2. The summed E-state index contributed by atoms with van der Waals surface area (Å²) in [6.45, 7) is -0.0187. The van der Waals surface area contributed by atoms with Crippen LogP contribution < -0.4 is 0 Å². The first-order valence-corrected chi connectivity index (χ1v) is 6.30. The van der Waals surface area contributed by atoms with E-state index in [0.717, 1.165) is 5.56 Å². The quantitative estimate of drug-likeness (QED) is 0.838. The molecule has 0 bridgehead atoms. The van der Waals surface area contributed by atoms with Crippen LogP contribution in [0.2, 0.25) is 5.02 Å². The predicted molar refractivity (Wildman–Crippen MR) is 60.1 cm³/mol. The number of hydrogen-bond acceptors (Lipinski definition) is 2. The molecule has 1 aromatic carbocycles. The first-order chi connectivity index (χ1) is 6.74. The lowest BCUT2D eigenvalue weighted by molar-refractivity contribution is 0.321. The number of hydrogen-bond donors (Lipinski definition) is 1. The molecule has 1 unspecified atom stereocenters. The van der Waals surface area contributed by atoms with Gasteiger partial charge in [0, 0.05) is 27.3 Å². The zero-order valence-corrected chi connectivity index (χ0v) is 9.35. The van der Waals surface area contributed by atoms with Crippen LogP contribution in [0.1, 0.15) is 5.56 Å². The summed E-state index contributed by atoms with van der Waals surface area (Å²) in [5, 5.41) is 9.29. The number of aryl methyl sites for hydroxylation is 1. The number of halogens is 1. The van der Waals surface area contributed by atoms with E-state index >= 15 is 0 Å². The molecule has 0 heterocycles. The van der Waals surface area contributed by atoms with Gasteiger partial charge in [-0.1, -0.05) is 29.8 Å². The monoisotopic (exact) mass is 232 g/mol. The highest BCUT2D eigenvalue weighted by Gasteiger charge is 2.02. The molecule has 0 aromatic heterocycles. The second-order valence-electron chi connectivity index (χ2n) is 2.91. The summed E-state index contributed by atoms with van der Waals surface area (Å²) in [7, 11) is -0.937. The van der Waals surface area contributed by atoms with Gasteiger partial charge in [0.25, 0.3) is 0 Å². The fraction of sp³-hybridized carbons (Fsp3) is 0.400. The van der Waals surface area contributed by atoms with E-state index in [1.807, 2.05) is 24.3 Å². The van der Waals surface area contributed by atoms with Crippen LogP contribution in [0.15, 0.2) is 24.3 Å². The van der Waals surface area contributed by atoms with Gasteiger partial charge < -0.3 is 5.11 Å². The third-order valence-electron chi connectivity index (χ3n) is 1.88. The molecule has 1 N–H and O–H groups in total. The van der Waals surface area contributed by atoms with Gasteiger partial charge in [0.1, 0.15) is 0 Å². The van der Waals surface area contributed by atoms with E-state index in [-0.39, 0.29) is 6.61 Å².